The first-order chi connectivity index (χ1) is 8.71. The average Bonchev–Trinajstić information content (AvgIpc) is 2.38. The Balaban J connectivity index is 2.71. The largest absolute Gasteiger partial charge is 0.395 e. The van der Waals surface area contributed by atoms with Gasteiger partial charge in [0, 0.05) is 17.6 Å². The quantitative estimate of drug-likeness (QED) is 0.842. The molecule has 0 radical (unpaired) electrons. The first-order valence-electron chi connectivity index (χ1n) is 6.23. The van der Waals surface area contributed by atoms with Crippen molar-refractivity contribution in [2.45, 2.75) is 26.3 Å². The number of hydrogen-bond acceptors (Lipinski definition) is 3. The number of rotatable bonds is 7. The van der Waals surface area contributed by atoms with Gasteiger partial charge in [0.05, 0.1) is 18.2 Å². The Hall–Kier alpha value is -0.890. The van der Waals surface area contributed by atoms with Crippen molar-refractivity contribution >= 4 is 15.9 Å². The fraction of sp³-hybridized carbons (Fsp3) is 0.500. The zero-order chi connectivity index (χ0) is 13.4. The van der Waals surface area contributed by atoms with Crippen molar-refractivity contribution in [2.24, 2.45) is 0 Å². The van der Waals surface area contributed by atoms with Crippen molar-refractivity contribution in [1.82, 2.24) is 4.90 Å². The van der Waals surface area contributed by atoms with Crippen LogP contribution < -0.4 is 0 Å². The van der Waals surface area contributed by atoms with Gasteiger partial charge >= 0.3 is 0 Å². The maximum Gasteiger partial charge on any atom is 0.0992 e. The summed E-state index contributed by atoms with van der Waals surface area (Å²) in [6, 6.07) is 7.77. The maximum absolute atomic E-state index is 9.07. The standard InChI is InChI=1S/C14H19BrN2O/c1-2-3-6-17(7-8-18)11-13-5-4-12(10-16)9-14(13)15/h4-5,9,18H,2-3,6-8,11H2,1H3. The summed E-state index contributed by atoms with van der Waals surface area (Å²) in [5.41, 5.74) is 1.81. The molecule has 0 aliphatic carbocycles. The number of benzene rings is 1. The second-order valence-corrected chi connectivity index (χ2v) is 5.13. The molecule has 98 valence electrons. The molecule has 0 atom stereocenters. The van der Waals surface area contributed by atoms with Gasteiger partial charge in [-0.3, -0.25) is 4.90 Å². The Kier molecular flexibility index (Phi) is 6.96. The number of hydrogen-bond donors (Lipinski definition) is 1. The Bertz CT molecular complexity index is 415. The molecule has 1 rings (SSSR count). The summed E-state index contributed by atoms with van der Waals surface area (Å²) in [5.74, 6) is 0. The van der Waals surface area contributed by atoms with E-state index in [1.54, 1.807) is 0 Å². The Morgan fingerprint density at radius 3 is 2.72 bits per heavy atom. The molecule has 0 saturated carbocycles. The smallest absolute Gasteiger partial charge is 0.0992 e. The number of aliphatic hydroxyl groups excluding tert-OH is 1. The van der Waals surface area contributed by atoms with Crippen LogP contribution in [-0.2, 0) is 6.54 Å². The van der Waals surface area contributed by atoms with Gasteiger partial charge in [0.2, 0.25) is 0 Å². The summed E-state index contributed by atoms with van der Waals surface area (Å²) in [7, 11) is 0. The van der Waals surface area contributed by atoms with E-state index in [2.05, 4.69) is 33.8 Å². The normalized spacial score (nSPS) is 10.6. The predicted octanol–water partition coefficient (Wildman–Crippen LogP) is 2.92. The highest BCUT2D eigenvalue weighted by atomic mass is 79.9. The molecule has 4 heteroatoms. The molecule has 18 heavy (non-hydrogen) atoms. The van der Waals surface area contributed by atoms with Crippen LogP contribution in [0.3, 0.4) is 0 Å². The van der Waals surface area contributed by atoms with E-state index in [0.717, 1.165) is 36.0 Å². The third-order valence-corrected chi connectivity index (χ3v) is 3.56. The molecule has 0 aliphatic rings. The van der Waals surface area contributed by atoms with Gasteiger partial charge in [0.1, 0.15) is 0 Å². The van der Waals surface area contributed by atoms with Crippen molar-refractivity contribution in [3.05, 3.63) is 33.8 Å². The van der Waals surface area contributed by atoms with Crippen LogP contribution in [0.1, 0.15) is 30.9 Å². The van der Waals surface area contributed by atoms with Crippen LogP contribution in [0.2, 0.25) is 0 Å². The van der Waals surface area contributed by atoms with Crippen LogP contribution in [0.15, 0.2) is 22.7 Å². The summed E-state index contributed by atoms with van der Waals surface area (Å²) in [4.78, 5) is 2.23. The number of nitriles is 1. The molecule has 1 aromatic carbocycles. The molecule has 0 spiro atoms. The van der Waals surface area contributed by atoms with Crippen molar-refractivity contribution in [1.29, 1.82) is 5.26 Å². The lowest BCUT2D eigenvalue weighted by molar-refractivity contribution is 0.188. The lowest BCUT2D eigenvalue weighted by atomic mass is 10.1. The fourth-order valence-corrected chi connectivity index (χ4v) is 2.28. The highest BCUT2D eigenvalue weighted by Crippen LogP contribution is 2.20. The number of aliphatic hydroxyl groups is 1. The molecule has 0 aromatic heterocycles. The van der Waals surface area contributed by atoms with Gasteiger partial charge in [0.15, 0.2) is 0 Å². The third-order valence-electron chi connectivity index (χ3n) is 2.82. The van der Waals surface area contributed by atoms with Crippen LogP contribution in [0.4, 0.5) is 0 Å². The zero-order valence-electron chi connectivity index (χ0n) is 10.7. The summed E-state index contributed by atoms with van der Waals surface area (Å²) in [5, 5.41) is 17.9. The molecule has 0 heterocycles. The van der Waals surface area contributed by atoms with Crippen LogP contribution in [0, 0.1) is 11.3 Å². The van der Waals surface area contributed by atoms with E-state index in [1.165, 1.54) is 0 Å². The van der Waals surface area contributed by atoms with Gasteiger partial charge in [-0.15, -0.1) is 0 Å². The van der Waals surface area contributed by atoms with E-state index in [1.807, 2.05) is 18.2 Å². The highest BCUT2D eigenvalue weighted by molar-refractivity contribution is 9.10. The van der Waals surface area contributed by atoms with Crippen LogP contribution in [0.25, 0.3) is 0 Å². The summed E-state index contributed by atoms with van der Waals surface area (Å²) in [6.45, 7) is 4.81. The van der Waals surface area contributed by atoms with Gasteiger partial charge in [-0.2, -0.15) is 5.26 Å². The average molecular weight is 311 g/mol. The lowest BCUT2D eigenvalue weighted by Crippen LogP contribution is -2.27. The SMILES string of the molecule is CCCCN(CCO)Cc1ccc(C#N)cc1Br. The van der Waals surface area contributed by atoms with E-state index in [9.17, 15) is 0 Å². The second-order valence-electron chi connectivity index (χ2n) is 4.27. The van der Waals surface area contributed by atoms with E-state index < -0.39 is 0 Å². The second kappa shape index (κ2) is 8.25. The molecule has 0 amide bonds. The minimum Gasteiger partial charge on any atom is -0.395 e. The number of nitrogens with zero attached hydrogens (tertiary/aromatic N) is 2. The van der Waals surface area contributed by atoms with Crippen molar-refractivity contribution < 1.29 is 5.11 Å². The van der Waals surface area contributed by atoms with Gasteiger partial charge in [-0.25, -0.2) is 0 Å². The minimum absolute atomic E-state index is 0.178. The van der Waals surface area contributed by atoms with Crippen LogP contribution in [0.5, 0.6) is 0 Å². The minimum atomic E-state index is 0.178. The van der Waals surface area contributed by atoms with Crippen LogP contribution >= 0.6 is 15.9 Å². The zero-order valence-corrected chi connectivity index (χ0v) is 12.3. The van der Waals surface area contributed by atoms with E-state index in [0.29, 0.717) is 12.1 Å². The van der Waals surface area contributed by atoms with Crippen molar-refractivity contribution in [3.63, 3.8) is 0 Å². The van der Waals surface area contributed by atoms with Crippen molar-refractivity contribution in [2.75, 3.05) is 19.7 Å². The lowest BCUT2D eigenvalue weighted by Gasteiger charge is -2.21. The molecule has 1 aromatic rings. The van der Waals surface area contributed by atoms with Gasteiger partial charge < -0.3 is 5.11 Å². The van der Waals surface area contributed by atoms with E-state index in [4.69, 9.17) is 10.4 Å². The maximum atomic E-state index is 9.07. The van der Waals surface area contributed by atoms with Gasteiger partial charge in [-0.1, -0.05) is 35.3 Å². The molecule has 0 bridgehead atoms. The summed E-state index contributed by atoms with van der Waals surface area (Å²) < 4.78 is 0.959. The van der Waals surface area contributed by atoms with Crippen molar-refractivity contribution in [3.8, 4) is 6.07 Å². The van der Waals surface area contributed by atoms with Gasteiger partial charge in [0.25, 0.3) is 0 Å². The Labute approximate surface area is 117 Å². The molecule has 0 fully saturated rings. The predicted molar refractivity (Wildman–Crippen MR) is 76.1 cm³/mol. The monoisotopic (exact) mass is 310 g/mol. The number of halogens is 1. The topological polar surface area (TPSA) is 47.3 Å². The first kappa shape index (κ1) is 15.2. The Morgan fingerprint density at radius 1 is 1.39 bits per heavy atom. The summed E-state index contributed by atoms with van der Waals surface area (Å²) in [6.07, 6.45) is 2.28. The molecule has 0 unspecified atom stereocenters. The molecular weight excluding hydrogens is 292 g/mol. The fourth-order valence-electron chi connectivity index (χ4n) is 1.78. The highest BCUT2D eigenvalue weighted by Gasteiger charge is 2.08. The molecular formula is C14H19BrN2O. The van der Waals surface area contributed by atoms with Gasteiger partial charge in [-0.05, 0) is 30.7 Å². The van der Waals surface area contributed by atoms with Crippen LogP contribution in [-0.4, -0.2) is 29.7 Å². The number of unbranched alkanes of at least 4 members (excludes halogenated alkanes) is 1. The molecule has 1 N–H and O–H groups in total. The molecule has 0 aliphatic heterocycles. The summed E-state index contributed by atoms with van der Waals surface area (Å²) >= 11 is 3.50. The Morgan fingerprint density at radius 2 is 2.17 bits per heavy atom. The molecule has 3 nitrogen and oxygen atoms in total. The van der Waals surface area contributed by atoms with E-state index >= 15 is 0 Å². The van der Waals surface area contributed by atoms with E-state index in [-0.39, 0.29) is 6.61 Å². The molecule has 0 saturated heterocycles. The first-order valence-corrected chi connectivity index (χ1v) is 7.02. The third kappa shape index (κ3) is 4.77.